The quantitative estimate of drug-likeness (QED) is 0.705. The number of nitrogens with one attached hydrogen (secondary N) is 1. The maximum atomic E-state index is 12.1. The summed E-state index contributed by atoms with van der Waals surface area (Å²) < 4.78 is 22.2. The van der Waals surface area contributed by atoms with Gasteiger partial charge in [0.25, 0.3) is 0 Å². The highest BCUT2D eigenvalue weighted by Gasteiger charge is 2.25. The molecule has 0 radical (unpaired) electrons. The molecule has 0 bridgehead atoms. The Morgan fingerprint density at radius 1 is 1.41 bits per heavy atom. The maximum Gasteiger partial charge on any atom is 0.317 e. The van der Waals surface area contributed by atoms with Gasteiger partial charge in [0.15, 0.2) is 0 Å². The van der Waals surface area contributed by atoms with E-state index >= 15 is 0 Å². The van der Waals surface area contributed by atoms with Crippen LogP contribution in [0, 0.1) is 5.92 Å². The van der Waals surface area contributed by atoms with Crippen molar-refractivity contribution < 1.29 is 13.2 Å². The van der Waals surface area contributed by atoms with Crippen LogP contribution in [0.3, 0.4) is 0 Å². The van der Waals surface area contributed by atoms with Crippen LogP contribution >= 0.6 is 0 Å². The Balaban J connectivity index is 2.25. The van der Waals surface area contributed by atoms with Crippen LogP contribution in [0.15, 0.2) is 0 Å². The molecule has 1 heterocycles. The highest BCUT2D eigenvalue weighted by Crippen LogP contribution is 2.18. The van der Waals surface area contributed by atoms with E-state index in [-0.39, 0.29) is 17.7 Å². The van der Waals surface area contributed by atoms with E-state index < -0.39 is 10.0 Å². The van der Waals surface area contributed by atoms with Crippen molar-refractivity contribution in [3.63, 3.8) is 0 Å². The lowest BCUT2D eigenvalue weighted by atomic mass is 9.99. The number of amides is 2. The third-order valence-corrected chi connectivity index (χ3v) is 5.39. The molecule has 7 nitrogen and oxygen atoms in total. The predicted molar refractivity (Wildman–Crippen MR) is 88.1 cm³/mol. The zero-order valence-electron chi connectivity index (χ0n) is 13.9. The highest BCUT2D eigenvalue weighted by molar-refractivity contribution is 7.89. The molecular weight excluding hydrogens is 304 g/mol. The van der Waals surface area contributed by atoms with Gasteiger partial charge in [-0.15, -0.1) is 0 Å². The molecule has 1 unspecified atom stereocenters. The Morgan fingerprint density at radius 2 is 2.00 bits per heavy atom. The van der Waals surface area contributed by atoms with Gasteiger partial charge in [-0.05, 0) is 39.2 Å². The molecule has 1 rings (SSSR count). The van der Waals surface area contributed by atoms with Crippen molar-refractivity contribution in [1.29, 1.82) is 0 Å². The minimum absolute atomic E-state index is 0.0160. The van der Waals surface area contributed by atoms with Gasteiger partial charge in [0.05, 0.1) is 5.75 Å². The first-order valence-electron chi connectivity index (χ1n) is 7.96. The van der Waals surface area contributed by atoms with Crippen LogP contribution in [0.5, 0.6) is 0 Å². The van der Waals surface area contributed by atoms with Crippen LogP contribution in [0.4, 0.5) is 4.79 Å². The third kappa shape index (κ3) is 6.93. The van der Waals surface area contributed by atoms with Crippen molar-refractivity contribution in [1.82, 2.24) is 15.1 Å². The molecule has 8 heteroatoms. The van der Waals surface area contributed by atoms with Crippen molar-refractivity contribution in [3.05, 3.63) is 0 Å². The van der Waals surface area contributed by atoms with Crippen molar-refractivity contribution >= 4 is 16.1 Å². The molecule has 0 saturated carbocycles. The molecule has 2 amide bonds. The van der Waals surface area contributed by atoms with Crippen molar-refractivity contribution in [2.75, 3.05) is 39.0 Å². The average Bonchev–Trinajstić information content (AvgIpc) is 2.45. The van der Waals surface area contributed by atoms with E-state index in [0.29, 0.717) is 38.5 Å². The zero-order chi connectivity index (χ0) is 16.8. The fraction of sp³-hybridized carbons (Fsp3) is 0.929. The molecule has 1 atom stereocenters. The molecule has 130 valence electrons. The van der Waals surface area contributed by atoms with E-state index in [9.17, 15) is 13.2 Å². The fourth-order valence-electron chi connectivity index (χ4n) is 2.61. The third-order valence-electron chi connectivity index (χ3n) is 4.45. The van der Waals surface area contributed by atoms with E-state index in [4.69, 9.17) is 5.14 Å². The lowest BCUT2D eigenvalue weighted by molar-refractivity contribution is 0.171. The topological polar surface area (TPSA) is 95.7 Å². The Labute approximate surface area is 134 Å². The first kappa shape index (κ1) is 19.2. The molecule has 1 saturated heterocycles. The van der Waals surface area contributed by atoms with Gasteiger partial charge >= 0.3 is 6.03 Å². The lowest BCUT2D eigenvalue weighted by Crippen LogP contribution is -2.47. The van der Waals surface area contributed by atoms with Crippen LogP contribution in [-0.4, -0.2) is 69.3 Å². The van der Waals surface area contributed by atoms with Gasteiger partial charge in [0.2, 0.25) is 10.0 Å². The summed E-state index contributed by atoms with van der Waals surface area (Å²) in [7, 11) is -1.37. The van der Waals surface area contributed by atoms with Crippen molar-refractivity contribution in [2.24, 2.45) is 11.1 Å². The summed E-state index contributed by atoms with van der Waals surface area (Å²) in [5.41, 5.74) is 0. The molecule has 0 aromatic rings. The molecule has 1 fully saturated rings. The van der Waals surface area contributed by atoms with E-state index in [1.807, 2.05) is 0 Å². The zero-order valence-corrected chi connectivity index (χ0v) is 14.7. The van der Waals surface area contributed by atoms with Crippen LogP contribution < -0.4 is 10.5 Å². The van der Waals surface area contributed by atoms with Crippen LogP contribution in [0.2, 0.25) is 0 Å². The van der Waals surface area contributed by atoms with Gasteiger partial charge in [-0.1, -0.05) is 6.92 Å². The smallest absolute Gasteiger partial charge is 0.317 e. The molecule has 3 N–H and O–H groups in total. The van der Waals surface area contributed by atoms with E-state index in [2.05, 4.69) is 31.1 Å². The van der Waals surface area contributed by atoms with E-state index in [1.54, 1.807) is 4.90 Å². The number of sulfonamides is 1. The number of piperidine rings is 1. The molecule has 0 aromatic carbocycles. The highest BCUT2D eigenvalue weighted by atomic mass is 32.2. The summed E-state index contributed by atoms with van der Waals surface area (Å²) in [6.07, 6.45) is 2.47. The number of hydrogen-bond acceptors (Lipinski definition) is 4. The molecule has 0 aliphatic carbocycles. The second kappa shape index (κ2) is 8.69. The number of urea groups is 1. The average molecular weight is 334 g/mol. The first-order valence-corrected chi connectivity index (χ1v) is 9.68. The largest absolute Gasteiger partial charge is 0.337 e. The predicted octanol–water partition coefficient (Wildman–Crippen LogP) is 0.427. The minimum atomic E-state index is -3.42. The van der Waals surface area contributed by atoms with Gasteiger partial charge in [-0.3, -0.25) is 0 Å². The van der Waals surface area contributed by atoms with Crippen LogP contribution in [0.1, 0.15) is 33.1 Å². The summed E-state index contributed by atoms with van der Waals surface area (Å²) in [6, 6.07) is 0.442. The number of nitrogens with zero attached hydrogens (tertiary/aromatic N) is 2. The summed E-state index contributed by atoms with van der Waals surface area (Å²) in [6.45, 7) is 6.93. The van der Waals surface area contributed by atoms with Crippen LogP contribution in [0.25, 0.3) is 0 Å². The SMILES string of the molecule is CCC(C)N(C)CCNC(=O)N1CCC(CS(N)(=O)=O)CC1. The summed E-state index contributed by atoms with van der Waals surface area (Å²) in [4.78, 5) is 16.0. The number of carbonyl (C=O) groups is 1. The molecular formula is C14H30N4O3S. The van der Waals surface area contributed by atoms with Gasteiger partial charge < -0.3 is 15.1 Å². The Bertz CT molecular complexity index is 447. The number of hydrogen-bond donors (Lipinski definition) is 2. The number of likely N-dealkylation sites (N-methyl/N-ethyl adjacent to an activating group) is 1. The molecule has 0 spiro atoms. The van der Waals surface area contributed by atoms with Gasteiger partial charge in [-0.2, -0.15) is 0 Å². The summed E-state index contributed by atoms with van der Waals surface area (Å²) in [5, 5.41) is 7.99. The number of nitrogens with two attached hydrogens (primary N) is 1. The Kier molecular flexibility index (Phi) is 7.58. The monoisotopic (exact) mass is 334 g/mol. The number of primary sulfonamides is 1. The van der Waals surface area contributed by atoms with E-state index in [1.165, 1.54) is 0 Å². The molecule has 1 aliphatic heterocycles. The van der Waals surface area contributed by atoms with Crippen molar-refractivity contribution in [3.8, 4) is 0 Å². The van der Waals surface area contributed by atoms with Gasteiger partial charge in [0, 0.05) is 32.2 Å². The van der Waals surface area contributed by atoms with E-state index in [0.717, 1.165) is 13.0 Å². The Morgan fingerprint density at radius 3 is 2.50 bits per heavy atom. The molecule has 1 aliphatic rings. The lowest BCUT2D eigenvalue weighted by Gasteiger charge is -2.32. The van der Waals surface area contributed by atoms with Gasteiger partial charge in [0.1, 0.15) is 0 Å². The second-order valence-corrected chi connectivity index (χ2v) is 7.89. The number of carbonyl (C=O) groups excluding carboxylic acids is 1. The fourth-order valence-corrected chi connectivity index (χ4v) is 3.60. The molecule has 0 aromatic heterocycles. The van der Waals surface area contributed by atoms with Gasteiger partial charge in [-0.25, -0.2) is 18.4 Å². The normalized spacial score (nSPS) is 18.5. The first-order chi connectivity index (χ1) is 10.2. The summed E-state index contributed by atoms with van der Waals surface area (Å²) >= 11 is 0. The number of rotatable bonds is 7. The standard InChI is InChI=1S/C14H30N4O3S/c1-4-12(2)17(3)10-7-16-14(19)18-8-5-13(6-9-18)11-22(15,20)21/h12-13H,4-11H2,1-3H3,(H,16,19)(H2,15,20,21). The number of likely N-dealkylation sites (tertiary alicyclic amines) is 1. The molecule has 22 heavy (non-hydrogen) atoms. The summed E-state index contributed by atoms with van der Waals surface area (Å²) in [5.74, 6) is 0.0814. The second-order valence-electron chi connectivity index (χ2n) is 6.23. The maximum absolute atomic E-state index is 12.1. The van der Waals surface area contributed by atoms with Crippen molar-refractivity contribution in [2.45, 2.75) is 39.2 Å². The Hall–Kier alpha value is -0.860. The van der Waals surface area contributed by atoms with Crippen LogP contribution in [-0.2, 0) is 10.0 Å². The minimum Gasteiger partial charge on any atom is -0.337 e.